The second kappa shape index (κ2) is 4.13. The first-order chi connectivity index (χ1) is 6.08. The van der Waals surface area contributed by atoms with Gasteiger partial charge in [-0.1, -0.05) is 0 Å². The number of hydrogen-bond donors (Lipinski definition) is 1. The van der Waals surface area contributed by atoms with E-state index in [0.717, 1.165) is 0 Å². The topological polar surface area (TPSA) is 55.8 Å². The average Bonchev–Trinajstić information content (AvgIpc) is 2.33. The van der Waals surface area contributed by atoms with Crippen molar-refractivity contribution in [1.82, 2.24) is 0 Å². The average molecular weight is 202 g/mol. The summed E-state index contributed by atoms with van der Waals surface area (Å²) in [6.07, 6.45) is -1.23. The van der Waals surface area contributed by atoms with Crippen LogP contribution in [-0.2, 0) is 0 Å². The lowest BCUT2D eigenvalue weighted by molar-refractivity contribution is 0.146. The maximum absolute atomic E-state index is 10.1. The Morgan fingerprint density at radius 2 is 2.31 bits per heavy atom. The molecule has 0 aliphatic heterocycles. The fourth-order valence-electron chi connectivity index (χ4n) is 0.774. The van der Waals surface area contributed by atoms with Crippen molar-refractivity contribution in [2.75, 3.05) is 0 Å². The summed E-state index contributed by atoms with van der Waals surface area (Å²) in [6, 6.07) is 1.55. The molecule has 5 heteroatoms. The molecule has 0 bridgehead atoms. The number of hydrogen-bond acceptors (Lipinski definition) is 4. The van der Waals surface area contributed by atoms with Crippen molar-refractivity contribution in [2.45, 2.75) is 20.0 Å². The molecule has 0 aliphatic carbocycles. The largest absolute Gasteiger partial charge is 0.512 e. The molecule has 0 saturated carbocycles. The monoisotopic (exact) mass is 202 g/mol. The zero-order chi connectivity index (χ0) is 9.84. The van der Waals surface area contributed by atoms with Gasteiger partial charge in [0.25, 0.3) is 0 Å². The Morgan fingerprint density at radius 3 is 2.85 bits per heavy atom. The molecule has 0 unspecified atom stereocenters. The highest BCUT2D eigenvalue weighted by atomic mass is 32.1. The van der Waals surface area contributed by atoms with Gasteiger partial charge in [0.15, 0.2) is 5.06 Å². The summed E-state index contributed by atoms with van der Waals surface area (Å²) in [7, 11) is 0. The first kappa shape index (κ1) is 9.85. The summed E-state index contributed by atoms with van der Waals surface area (Å²) in [5, 5.41) is 10.3. The smallest absolute Gasteiger partial charge is 0.490 e. The summed E-state index contributed by atoms with van der Waals surface area (Å²) in [5.41, 5.74) is 0. The zero-order valence-corrected chi connectivity index (χ0v) is 8.13. The Hall–Kier alpha value is -1.23. The molecule has 1 heterocycles. The van der Waals surface area contributed by atoms with E-state index in [4.69, 9.17) is 9.84 Å². The molecule has 0 saturated heterocycles. The maximum atomic E-state index is 10.1. The highest BCUT2D eigenvalue weighted by Crippen LogP contribution is 2.29. The van der Waals surface area contributed by atoms with Crippen LogP contribution >= 0.6 is 11.3 Å². The van der Waals surface area contributed by atoms with E-state index in [0.29, 0.717) is 10.8 Å². The minimum Gasteiger partial charge on any atom is -0.490 e. The Kier molecular flexibility index (Phi) is 3.13. The summed E-state index contributed by atoms with van der Waals surface area (Å²) >= 11 is 1.19. The first-order valence-electron chi connectivity index (χ1n) is 3.74. The molecule has 0 radical (unpaired) electrons. The van der Waals surface area contributed by atoms with E-state index in [-0.39, 0.29) is 6.10 Å². The molecule has 0 atom stereocenters. The maximum Gasteiger partial charge on any atom is 0.512 e. The fourth-order valence-corrected chi connectivity index (χ4v) is 1.43. The number of carboxylic acid groups (broad SMARTS) is 1. The Balaban J connectivity index is 2.58. The molecule has 0 amide bonds. The van der Waals surface area contributed by atoms with E-state index in [2.05, 4.69) is 4.74 Å². The van der Waals surface area contributed by atoms with Gasteiger partial charge in [0.2, 0.25) is 0 Å². The van der Waals surface area contributed by atoms with Crippen molar-refractivity contribution in [2.24, 2.45) is 0 Å². The van der Waals surface area contributed by atoms with Gasteiger partial charge in [-0.3, -0.25) is 0 Å². The van der Waals surface area contributed by atoms with Crippen LogP contribution in [0.3, 0.4) is 0 Å². The number of ether oxygens (including phenoxy) is 2. The van der Waals surface area contributed by atoms with Crippen LogP contribution < -0.4 is 9.47 Å². The zero-order valence-electron chi connectivity index (χ0n) is 7.31. The molecule has 0 aromatic carbocycles. The van der Waals surface area contributed by atoms with Gasteiger partial charge in [0, 0.05) is 11.4 Å². The minimum atomic E-state index is -1.31. The minimum absolute atomic E-state index is 0.0762. The van der Waals surface area contributed by atoms with Crippen LogP contribution in [0, 0.1) is 0 Å². The molecule has 1 rings (SSSR count). The predicted octanol–water partition coefficient (Wildman–Crippen LogP) is 2.59. The van der Waals surface area contributed by atoms with E-state index in [1.807, 2.05) is 13.8 Å². The molecule has 1 aromatic heterocycles. The third-order valence-electron chi connectivity index (χ3n) is 1.11. The van der Waals surface area contributed by atoms with Gasteiger partial charge in [0.1, 0.15) is 5.75 Å². The summed E-state index contributed by atoms with van der Waals surface area (Å²) < 4.78 is 9.75. The van der Waals surface area contributed by atoms with Gasteiger partial charge in [0.05, 0.1) is 6.10 Å². The van der Waals surface area contributed by atoms with Crippen molar-refractivity contribution in [3.8, 4) is 10.8 Å². The van der Waals surface area contributed by atoms with Crippen LogP contribution in [0.25, 0.3) is 0 Å². The van der Waals surface area contributed by atoms with Crippen LogP contribution in [-0.4, -0.2) is 17.4 Å². The molecule has 1 aromatic rings. The lowest BCUT2D eigenvalue weighted by atomic mass is 10.5. The van der Waals surface area contributed by atoms with E-state index in [9.17, 15) is 4.79 Å². The SMILES string of the molecule is CC(C)Oc1csc(OC(=O)O)c1. The molecule has 4 nitrogen and oxygen atoms in total. The standard InChI is InChI=1S/C8H10O4S/c1-5(2)11-6-3-7(13-4-6)12-8(9)10/h3-5H,1-2H3,(H,9,10). The van der Waals surface area contributed by atoms with E-state index in [1.165, 1.54) is 11.3 Å². The van der Waals surface area contributed by atoms with E-state index in [1.54, 1.807) is 11.4 Å². The highest BCUT2D eigenvalue weighted by Gasteiger charge is 2.06. The van der Waals surface area contributed by atoms with Crippen molar-refractivity contribution in [3.63, 3.8) is 0 Å². The lowest BCUT2D eigenvalue weighted by Crippen LogP contribution is -2.04. The van der Waals surface area contributed by atoms with Crippen molar-refractivity contribution in [1.29, 1.82) is 0 Å². The van der Waals surface area contributed by atoms with E-state index >= 15 is 0 Å². The third kappa shape index (κ3) is 3.33. The quantitative estimate of drug-likeness (QED) is 0.765. The van der Waals surface area contributed by atoms with Gasteiger partial charge < -0.3 is 14.6 Å². The molecule has 0 fully saturated rings. The van der Waals surface area contributed by atoms with Crippen molar-refractivity contribution >= 4 is 17.5 Å². The molecular weight excluding hydrogens is 192 g/mol. The first-order valence-corrected chi connectivity index (χ1v) is 4.62. The van der Waals surface area contributed by atoms with Gasteiger partial charge in [-0.15, -0.1) is 11.3 Å². The normalized spacial score (nSPS) is 10.1. The Bertz CT molecular complexity index is 292. The van der Waals surface area contributed by atoms with Gasteiger partial charge >= 0.3 is 6.16 Å². The molecular formula is C8H10O4S. The van der Waals surface area contributed by atoms with Crippen LogP contribution in [0.5, 0.6) is 10.8 Å². The second-order valence-corrected chi connectivity index (χ2v) is 3.51. The number of carbonyl (C=O) groups is 1. The molecule has 1 N–H and O–H groups in total. The Labute approximate surface area is 79.7 Å². The number of thiophene rings is 1. The summed E-state index contributed by atoms with van der Waals surface area (Å²) in [5.74, 6) is 0.635. The molecule has 72 valence electrons. The van der Waals surface area contributed by atoms with E-state index < -0.39 is 6.16 Å². The number of rotatable bonds is 3. The van der Waals surface area contributed by atoms with Gasteiger partial charge in [-0.25, -0.2) is 4.79 Å². The molecule has 13 heavy (non-hydrogen) atoms. The molecule has 0 aliphatic rings. The lowest BCUT2D eigenvalue weighted by Gasteiger charge is -2.05. The van der Waals surface area contributed by atoms with Crippen LogP contribution in [0.1, 0.15) is 13.8 Å². The Morgan fingerprint density at radius 1 is 1.62 bits per heavy atom. The van der Waals surface area contributed by atoms with Crippen molar-refractivity contribution < 1.29 is 19.4 Å². The summed E-state index contributed by atoms with van der Waals surface area (Å²) in [6.45, 7) is 3.80. The van der Waals surface area contributed by atoms with Crippen LogP contribution in [0.4, 0.5) is 4.79 Å². The summed E-state index contributed by atoms with van der Waals surface area (Å²) in [4.78, 5) is 10.1. The highest BCUT2D eigenvalue weighted by molar-refractivity contribution is 7.12. The molecule has 0 spiro atoms. The van der Waals surface area contributed by atoms with Crippen LogP contribution in [0.2, 0.25) is 0 Å². The van der Waals surface area contributed by atoms with Crippen LogP contribution in [0.15, 0.2) is 11.4 Å². The van der Waals surface area contributed by atoms with Gasteiger partial charge in [-0.2, -0.15) is 0 Å². The third-order valence-corrected chi connectivity index (χ3v) is 1.89. The van der Waals surface area contributed by atoms with Gasteiger partial charge in [-0.05, 0) is 13.8 Å². The fraction of sp³-hybridized carbons (Fsp3) is 0.375. The van der Waals surface area contributed by atoms with Crippen molar-refractivity contribution in [3.05, 3.63) is 11.4 Å². The predicted molar refractivity (Wildman–Crippen MR) is 48.7 cm³/mol. The second-order valence-electron chi connectivity index (χ2n) is 2.64.